The van der Waals surface area contributed by atoms with Crippen molar-refractivity contribution in [3.63, 3.8) is 0 Å². The van der Waals surface area contributed by atoms with Gasteiger partial charge in [-0.25, -0.2) is 0 Å². The second-order valence-electron chi connectivity index (χ2n) is 5.51. The van der Waals surface area contributed by atoms with Gasteiger partial charge in [-0.1, -0.05) is 15.9 Å². The van der Waals surface area contributed by atoms with Crippen LogP contribution >= 0.6 is 15.9 Å². The lowest BCUT2D eigenvalue weighted by Gasteiger charge is -2.16. The molecular weight excluding hydrogens is 320 g/mol. The molecule has 1 saturated carbocycles. The highest BCUT2D eigenvalue weighted by molar-refractivity contribution is 9.10. The minimum Gasteiger partial charge on any atom is -0.493 e. The molecule has 2 aliphatic rings. The van der Waals surface area contributed by atoms with Gasteiger partial charge in [-0.3, -0.25) is 4.79 Å². The first-order chi connectivity index (χ1) is 9.69. The Balaban J connectivity index is 1.78. The highest BCUT2D eigenvalue weighted by Crippen LogP contribution is 2.37. The molecule has 0 radical (unpaired) electrons. The van der Waals surface area contributed by atoms with Crippen LogP contribution in [0.5, 0.6) is 5.75 Å². The number of ether oxygens (including phenoxy) is 2. The molecule has 1 atom stereocenters. The summed E-state index contributed by atoms with van der Waals surface area (Å²) in [6, 6.07) is 4.08. The number of rotatable bonds is 6. The highest BCUT2D eigenvalue weighted by atomic mass is 79.9. The van der Waals surface area contributed by atoms with Crippen molar-refractivity contribution in [2.24, 2.45) is 5.92 Å². The van der Waals surface area contributed by atoms with Crippen molar-refractivity contribution in [1.82, 2.24) is 0 Å². The zero-order valence-corrected chi connectivity index (χ0v) is 13.2. The van der Waals surface area contributed by atoms with Crippen LogP contribution in [0, 0.1) is 5.92 Å². The van der Waals surface area contributed by atoms with Gasteiger partial charge >= 0.3 is 0 Å². The molecular formula is C16H19BrO3. The summed E-state index contributed by atoms with van der Waals surface area (Å²) in [5.41, 5.74) is 2.18. The molecule has 1 heterocycles. The van der Waals surface area contributed by atoms with E-state index >= 15 is 0 Å². The Bertz CT molecular complexity index is 523. The van der Waals surface area contributed by atoms with Crippen LogP contribution in [0.4, 0.5) is 0 Å². The van der Waals surface area contributed by atoms with E-state index in [9.17, 15) is 4.79 Å². The molecule has 4 heteroatoms. The molecule has 1 fully saturated rings. The van der Waals surface area contributed by atoms with Crippen LogP contribution in [-0.4, -0.2) is 25.1 Å². The Morgan fingerprint density at radius 1 is 1.50 bits per heavy atom. The van der Waals surface area contributed by atoms with Crippen LogP contribution in [0.3, 0.4) is 0 Å². The van der Waals surface area contributed by atoms with Crippen LogP contribution < -0.4 is 4.74 Å². The summed E-state index contributed by atoms with van der Waals surface area (Å²) in [6.07, 6.45) is 3.33. The van der Waals surface area contributed by atoms with Gasteiger partial charge in [-0.15, -0.1) is 0 Å². The van der Waals surface area contributed by atoms with Crippen LogP contribution in [0.15, 0.2) is 16.6 Å². The molecule has 1 aliphatic heterocycles. The number of halogens is 1. The summed E-state index contributed by atoms with van der Waals surface area (Å²) in [4.78, 5) is 12.5. The third-order valence-corrected chi connectivity index (χ3v) is 4.36. The minimum absolute atomic E-state index is 0.185. The van der Waals surface area contributed by atoms with Gasteiger partial charge in [0.05, 0.1) is 6.61 Å². The Hall–Kier alpha value is -0.870. The van der Waals surface area contributed by atoms with E-state index in [1.165, 1.54) is 5.56 Å². The molecule has 0 amide bonds. The van der Waals surface area contributed by atoms with Crippen molar-refractivity contribution in [3.8, 4) is 5.75 Å². The summed E-state index contributed by atoms with van der Waals surface area (Å²) in [5, 5.41) is 0. The van der Waals surface area contributed by atoms with E-state index in [1.807, 2.05) is 13.0 Å². The quantitative estimate of drug-likeness (QED) is 0.798. The molecule has 1 aliphatic carbocycles. The number of ketones is 1. The van der Waals surface area contributed by atoms with E-state index in [2.05, 4.69) is 22.0 Å². The molecule has 1 unspecified atom stereocenters. The van der Waals surface area contributed by atoms with Gasteiger partial charge in [0.2, 0.25) is 0 Å². The van der Waals surface area contributed by atoms with E-state index in [0.29, 0.717) is 25.6 Å². The molecule has 1 aromatic rings. The summed E-state index contributed by atoms with van der Waals surface area (Å²) in [7, 11) is 0. The third-order valence-electron chi connectivity index (χ3n) is 3.90. The van der Waals surface area contributed by atoms with Crippen molar-refractivity contribution >= 4 is 21.7 Å². The van der Waals surface area contributed by atoms with Crippen LogP contribution in [0.25, 0.3) is 0 Å². The Morgan fingerprint density at radius 2 is 2.30 bits per heavy atom. The van der Waals surface area contributed by atoms with E-state index in [1.54, 1.807) is 0 Å². The lowest BCUT2D eigenvalue weighted by Crippen LogP contribution is -2.28. The van der Waals surface area contributed by atoms with E-state index in [-0.39, 0.29) is 11.9 Å². The number of benzene rings is 1. The second kappa shape index (κ2) is 5.86. The maximum atomic E-state index is 12.5. The van der Waals surface area contributed by atoms with Crippen molar-refractivity contribution in [2.45, 2.75) is 38.7 Å². The molecule has 0 aromatic heterocycles. The first-order valence-corrected chi connectivity index (χ1v) is 8.06. The molecule has 20 heavy (non-hydrogen) atoms. The van der Waals surface area contributed by atoms with Crippen molar-refractivity contribution < 1.29 is 14.3 Å². The molecule has 108 valence electrons. The van der Waals surface area contributed by atoms with Crippen molar-refractivity contribution in [1.29, 1.82) is 0 Å². The zero-order valence-electron chi connectivity index (χ0n) is 11.7. The second-order valence-corrected chi connectivity index (χ2v) is 6.42. The summed E-state index contributed by atoms with van der Waals surface area (Å²) < 4.78 is 12.4. The van der Waals surface area contributed by atoms with E-state index < -0.39 is 0 Å². The summed E-state index contributed by atoms with van der Waals surface area (Å²) in [5.74, 6) is 1.53. The number of Topliss-reactive ketones (excluding diaryl/α,β-unsaturated/α-hetero) is 1. The molecule has 0 saturated heterocycles. The maximum absolute atomic E-state index is 12.5. The number of carbonyl (C=O) groups is 1. The maximum Gasteiger partial charge on any atom is 0.166 e. The predicted molar refractivity (Wildman–Crippen MR) is 80.2 cm³/mol. The molecule has 3 nitrogen and oxygen atoms in total. The third kappa shape index (κ3) is 2.91. The minimum atomic E-state index is -0.226. The number of carbonyl (C=O) groups excluding carboxylic acids is 1. The Kier molecular flexibility index (Phi) is 4.13. The standard InChI is InChI=1S/C16H19BrO3/c1-2-19-16(10-3-4-10)14(18)9-12-8-13(17)7-11-5-6-20-15(11)12/h7-8,10,16H,2-6,9H2,1H3. The average molecular weight is 339 g/mol. The fourth-order valence-corrected chi connectivity index (χ4v) is 3.39. The van der Waals surface area contributed by atoms with E-state index in [0.717, 1.165) is 35.0 Å². The van der Waals surface area contributed by atoms with Gasteiger partial charge in [-0.2, -0.15) is 0 Å². The van der Waals surface area contributed by atoms with Gasteiger partial charge in [0.15, 0.2) is 5.78 Å². The molecule has 0 spiro atoms. The smallest absolute Gasteiger partial charge is 0.166 e. The van der Waals surface area contributed by atoms with Gasteiger partial charge in [0.1, 0.15) is 11.9 Å². The SMILES string of the molecule is CCOC(C(=O)Cc1cc(Br)cc2c1OCC2)C1CC1. The largest absolute Gasteiger partial charge is 0.493 e. The highest BCUT2D eigenvalue weighted by Gasteiger charge is 2.37. The van der Waals surface area contributed by atoms with Crippen molar-refractivity contribution in [3.05, 3.63) is 27.7 Å². The zero-order chi connectivity index (χ0) is 14.1. The normalized spacial score (nSPS) is 18.5. The number of hydrogen-bond donors (Lipinski definition) is 0. The molecule has 0 N–H and O–H groups in total. The first kappa shape index (κ1) is 14.1. The van der Waals surface area contributed by atoms with Crippen LogP contribution in [-0.2, 0) is 22.4 Å². The summed E-state index contributed by atoms with van der Waals surface area (Å²) >= 11 is 3.52. The fraction of sp³-hybridized carbons (Fsp3) is 0.562. The predicted octanol–water partition coefficient (Wildman–Crippen LogP) is 3.31. The van der Waals surface area contributed by atoms with Gasteiger partial charge in [-0.05, 0) is 43.4 Å². The fourth-order valence-electron chi connectivity index (χ4n) is 2.84. The van der Waals surface area contributed by atoms with Crippen LogP contribution in [0.1, 0.15) is 30.9 Å². The summed E-state index contributed by atoms with van der Waals surface area (Å²) in [6.45, 7) is 3.26. The molecule has 0 bridgehead atoms. The van der Waals surface area contributed by atoms with Gasteiger partial charge in [0, 0.05) is 29.5 Å². The number of fused-ring (bicyclic) bond motifs is 1. The van der Waals surface area contributed by atoms with E-state index in [4.69, 9.17) is 9.47 Å². The molecule has 3 rings (SSSR count). The monoisotopic (exact) mass is 338 g/mol. The number of hydrogen-bond acceptors (Lipinski definition) is 3. The molecule has 1 aromatic carbocycles. The average Bonchev–Trinajstić information content (AvgIpc) is 3.13. The van der Waals surface area contributed by atoms with Crippen LogP contribution in [0.2, 0.25) is 0 Å². The lowest BCUT2D eigenvalue weighted by atomic mass is 9.99. The van der Waals surface area contributed by atoms with Gasteiger partial charge in [0.25, 0.3) is 0 Å². The first-order valence-electron chi connectivity index (χ1n) is 7.27. The topological polar surface area (TPSA) is 35.5 Å². The Labute approximate surface area is 127 Å². The van der Waals surface area contributed by atoms with Gasteiger partial charge < -0.3 is 9.47 Å². The van der Waals surface area contributed by atoms with Crippen molar-refractivity contribution in [2.75, 3.05) is 13.2 Å². The lowest BCUT2D eigenvalue weighted by molar-refractivity contribution is -0.130. The Morgan fingerprint density at radius 3 is 3.00 bits per heavy atom.